The van der Waals surface area contributed by atoms with Crippen molar-refractivity contribution in [3.8, 4) is 29.9 Å². The molecule has 0 saturated heterocycles. The van der Waals surface area contributed by atoms with Gasteiger partial charge in [-0.3, -0.25) is 4.79 Å². The largest absolute Gasteiger partial charge is 0.495 e. The lowest BCUT2D eigenvalue weighted by Gasteiger charge is -2.09. The first-order valence-corrected chi connectivity index (χ1v) is 7.40. The van der Waals surface area contributed by atoms with Crippen LogP contribution in [0.1, 0.15) is 5.56 Å². The zero-order chi connectivity index (χ0) is 18.1. The molecule has 0 unspecified atom stereocenters. The average molecular weight is 332 g/mol. The molecule has 0 bridgehead atoms. The molecule has 5 heteroatoms. The van der Waals surface area contributed by atoms with E-state index in [4.69, 9.17) is 15.9 Å². The van der Waals surface area contributed by atoms with Crippen LogP contribution < -0.4 is 14.8 Å². The lowest BCUT2D eigenvalue weighted by Crippen LogP contribution is -2.14. The highest BCUT2D eigenvalue weighted by atomic mass is 16.5. The number of carbonyl (C=O) groups excluding carboxylic acids is 1. The van der Waals surface area contributed by atoms with Crippen LogP contribution in [0.15, 0.2) is 54.1 Å². The van der Waals surface area contributed by atoms with E-state index < -0.39 is 5.91 Å². The van der Waals surface area contributed by atoms with Crippen LogP contribution in [0.3, 0.4) is 0 Å². The number of nitrogens with one attached hydrogen (secondary N) is 1. The summed E-state index contributed by atoms with van der Waals surface area (Å²) in [6, 6.07) is 15.8. The van der Waals surface area contributed by atoms with Crippen LogP contribution in [0.4, 0.5) is 5.69 Å². The Labute approximate surface area is 146 Å². The van der Waals surface area contributed by atoms with Crippen LogP contribution in [0.25, 0.3) is 6.08 Å². The number of amides is 1. The number of nitrogens with zero attached hydrogens (tertiary/aromatic N) is 1. The van der Waals surface area contributed by atoms with E-state index in [0.717, 1.165) is 0 Å². The summed E-state index contributed by atoms with van der Waals surface area (Å²) < 4.78 is 10.5. The van der Waals surface area contributed by atoms with Gasteiger partial charge in [0.25, 0.3) is 5.91 Å². The molecule has 0 aromatic heterocycles. The number of carbonyl (C=O) groups is 1. The van der Waals surface area contributed by atoms with Gasteiger partial charge in [0.05, 0.1) is 12.8 Å². The first-order valence-electron chi connectivity index (χ1n) is 7.40. The number of ether oxygens (including phenoxy) is 2. The molecular weight excluding hydrogens is 316 g/mol. The topological polar surface area (TPSA) is 71.3 Å². The minimum atomic E-state index is -0.514. The minimum Gasteiger partial charge on any atom is -0.495 e. The Morgan fingerprint density at radius 3 is 2.60 bits per heavy atom. The number of rotatable bonds is 6. The van der Waals surface area contributed by atoms with Gasteiger partial charge in [0, 0.05) is 0 Å². The second-order valence-corrected chi connectivity index (χ2v) is 4.89. The molecule has 0 atom stereocenters. The smallest absolute Gasteiger partial charge is 0.266 e. The predicted octanol–water partition coefficient (Wildman–Crippen LogP) is 3.25. The molecule has 1 N–H and O–H groups in total. The fourth-order valence-electron chi connectivity index (χ4n) is 2.04. The van der Waals surface area contributed by atoms with Crippen molar-refractivity contribution in [2.45, 2.75) is 0 Å². The Kier molecular flexibility index (Phi) is 6.22. The molecule has 0 saturated carbocycles. The van der Waals surface area contributed by atoms with Gasteiger partial charge in [-0.15, -0.1) is 6.42 Å². The van der Waals surface area contributed by atoms with Crippen LogP contribution in [0.5, 0.6) is 11.5 Å². The van der Waals surface area contributed by atoms with Gasteiger partial charge in [0.1, 0.15) is 29.7 Å². The van der Waals surface area contributed by atoms with Gasteiger partial charge >= 0.3 is 0 Å². The summed E-state index contributed by atoms with van der Waals surface area (Å²) in [6.45, 7) is 0.181. The Morgan fingerprint density at radius 1 is 1.24 bits per heavy atom. The van der Waals surface area contributed by atoms with Gasteiger partial charge < -0.3 is 14.8 Å². The molecule has 0 aliphatic heterocycles. The molecule has 0 radical (unpaired) electrons. The van der Waals surface area contributed by atoms with Crippen LogP contribution in [-0.4, -0.2) is 19.6 Å². The zero-order valence-electron chi connectivity index (χ0n) is 13.7. The van der Waals surface area contributed by atoms with E-state index in [1.54, 1.807) is 48.5 Å². The van der Waals surface area contributed by atoms with E-state index in [-0.39, 0.29) is 12.2 Å². The van der Waals surface area contributed by atoms with Gasteiger partial charge in [-0.1, -0.05) is 30.2 Å². The lowest BCUT2D eigenvalue weighted by molar-refractivity contribution is -0.112. The highest BCUT2D eigenvalue weighted by molar-refractivity contribution is 6.10. The van der Waals surface area contributed by atoms with E-state index in [2.05, 4.69) is 11.2 Å². The normalized spacial score (nSPS) is 10.3. The number of para-hydroxylation sites is 2. The highest BCUT2D eigenvalue weighted by Crippen LogP contribution is 2.24. The molecule has 0 aliphatic carbocycles. The Bertz CT molecular complexity index is 856. The van der Waals surface area contributed by atoms with E-state index in [1.165, 1.54) is 13.2 Å². The van der Waals surface area contributed by atoms with Gasteiger partial charge in [-0.2, -0.15) is 5.26 Å². The van der Waals surface area contributed by atoms with Crippen LogP contribution in [0, 0.1) is 23.7 Å². The van der Waals surface area contributed by atoms with Crippen molar-refractivity contribution in [2.75, 3.05) is 19.0 Å². The zero-order valence-corrected chi connectivity index (χ0v) is 13.7. The average Bonchev–Trinajstić information content (AvgIpc) is 2.65. The first-order chi connectivity index (χ1) is 12.2. The van der Waals surface area contributed by atoms with Crippen molar-refractivity contribution < 1.29 is 14.3 Å². The summed E-state index contributed by atoms with van der Waals surface area (Å²) >= 11 is 0. The van der Waals surface area contributed by atoms with Crippen molar-refractivity contribution in [3.05, 3.63) is 59.7 Å². The van der Waals surface area contributed by atoms with Crippen molar-refractivity contribution in [2.24, 2.45) is 0 Å². The number of benzene rings is 2. The van der Waals surface area contributed by atoms with E-state index in [0.29, 0.717) is 22.7 Å². The molecule has 0 spiro atoms. The number of hydrogen-bond acceptors (Lipinski definition) is 4. The SMILES string of the molecule is C#CCOc1ccc(/C=C(/C#N)C(=O)Nc2ccccc2OC)cc1. The molecule has 2 aromatic rings. The Morgan fingerprint density at radius 2 is 1.96 bits per heavy atom. The second-order valence-electron chi connectivity index (χ2n) is 4.89. The van der Waals surface area contributed by atoms with Crippen molar-refractivity contribution in [3.63, 3.8) is 0 Å². The number of hydrogen-bond donors (Lipinski definition) is 1. The maximum Gasteiger partial charge on any atom is 0.266 e. The molecule has 25 heavy (non-hydrogen) atoms. The molecule has 5 nitrogen and oxygen atoms in total. The molecule has 0 heterocycles. The number of nitriles is 1. The van der Waals surface area contributed by atoms with Crippen molar-refractivity contribution in [1.29, 1.82) is 5.26 Å². The summed E-state index contributed by atoms with van der Waals surface area (Å²) in [5, 5.41) is 11.9. The Balaban J connectivity index is 2.15. The predicted molar refractivity (Wildman–Crippen MR) is 96.0 cm³/mol. The summed E-state index contributed by atoms with van der Waals surface area (Å²) in [7, 11) is 1.51. The Hall–Kier alpha value is -3.70. The molecule has 2 aromatic carbocycles. The van der Waals surface area contributed by atoms with Gasteiger partial charge in [0.2, 0.25) is 0 Å². The standard InChI is InChI=1S/C20H16N2O3/c1-3-12-25-17-10-8-15(9-11-17)13-16(14-21)20(23)22-18-6-4-5-7-19(18)24-2/h1,4-11,13H,12H2,2H3,(H,22,23)/b16-13-. The highest BCUT2D eigenvalue weighted by Gasteiger charge is 2.12. The maximum absolute atomic E-state index is 12.3. The first kappa shape index (κ1) is 17.7. The van der Waals surface area contributed by atoms with Gasteiger partial charge in [-0.25, -0.2) is 0 Å². The molecule has 0 fully saturated rings. The number of methoxy groups -OCH3 is 1. The van der Waals surface area contributed by atoms with Gasteiger partial charge in [0.15, 0.2) is 0 Å². The van der Waals surface area contributed by atoms with E-state index in [1.807, 2.05) is 6.07 Å². The summed E-state index contributed by atoms with van der Waals surface area (Å²) in [5.74, 6) is 3.00. The van der Waals surface area contributed by atoms with Crippen LogP contribution >= 0.6 is 0 Å². The van der Waals surface area contributed by atoms with Gasteiger partial charge in [-0.05, 0) is 35.9 Å². The third-order valence-electron chi connectivity index (χ3n) is 3.23. The van der Waals surface area contributed by atoms with Crippen LogP contribution in [-0.2, 0) is 4.79 Å². The van der Waals surface area contributed by atoms with E-state index in [9.17, 15) is 10.1 Å². The monoisotopic (exact) mass is 332 g/mol. The number of anilines is 1. The molecular formula is C20H16N2O3. The fourth-order valence-corrected chi connectivity index (χ4v) is 2.04. The minimum absolute atomic E-state index is 0.0248. The second kappa shape index (κ2) is 8.81. The quantitative estimate of drug-likeness (QED) is 0.501. The molecule has 124 valence electrons. The lowest BCUT2D eigenvalue weighted by atomic mass is 10.1. The molecule has 2 rings (SSSR count). The summed E-state index contributed by atoms with van der Waals surface area (Å²) in [6.07, 6.45) is 6.63. The van der Waals surface area contributed by atoms with Crippen molar-refractivity contribution in [1.82, 2.24) is 0 Å². The third-order valence-corrected chi connectivity index (χ3v) is 3.23. The molecule has 0 aliphatic rings. The fraction of sp³-hybridized carbons (Fsp3) is 0.100. The van der Waals surface area contributed by atoms with Crippen LogP contribution in [0.2, 0.25) is 0 Å². The third kappa shape index (κ3) is 4.89. The summed E-state index contributed by atoms with van der Waals surface area (Å²) in [4.78, 5) is 12.3. The van der Waals surface area contributed by atoms with E-state index >= 15 is 0 Å². The summed E-state index contributed by atoms with van der Waals surface area (Å²) in [5.41, 5.74) is 1.16. The number of terminal acetylenes is 1. The molecule has 1 amide bonds. The maximum atomic E-state index is 12.3. The van der Waals surface area contributed by atoms with Crippen molar-refractivity contribution >= 4 is 17.7 Å².